The average molecular weight is 205 g/mol. The molecule has 1 rings (SSSR count). The second-order valence-corrected chi connectivity index (χ2v) is 3.92. The standard InChI is InChI=1S/C13H19NO/c1-4-14(3)13(15)10-11(2)12-8-6-5-7-9-12/h5-9,11H,4,10H2,1-3H3. The van der Waals surface area contributed by atoms with Crippen LogP contribution in [-0.4, -0.2) is 24.4 Å². The van der Waals surface area contributed by atoms with Crippen molar-refractivity contribution < 1.29 is 4.79 Å². The number of amides is 1. The fourth-order valence-corrected chi connectivity index (χ4v) is 1.49. The third-order valence-corrected chi connectivity index (χ3v) is 2.75. The van der Waals surface area contributed by atoms with Crippen LogP contribution < -0.4 is 0 Å². The maximum absolute atomic E-state index is 11.7. The van der Waals surface area contributed by atoms with Crippen molar-refractivity contribution in [3.05, 3.63) is 35.9 Å². The van der Waals surface area contributed by atoms with Crippen LogP contribution in [0.4, 0.5) is 0 Å². The van der Waals surface area contributed by atoms with Crippen molar-refractivity contribution in [2.45, 2.75) is 26.2 Å². The molecule has 0 aromatic heterocycles. The summed E-state index contributed by atoms with van der Waals surface area (Å²) in [5, 5.41) is 0. The number of benzene rings is 1. The second kappa shape index (κ2) is 5.54. The van der Waals surface area contributed by atoms with Gasteiger partial charge in [0.25, 0.3) is 0 Å². The summed E-state index contributed by atoms with van der Waals surface area (Å²) < 4.78 is 0. The molecule has 1 amide bonds. The van der Waals surface area contributed by atoms with E-state index in [4.69, 9.17) is 0 Å². The van der Waals surface area contributed by atoms with Crippen LogP contribution in [0, 0.1) is 0 Å². The van der Waals surface area contributed by atoms with E-state index in [9.17, 15) is 4.79 Å². The van der Waals surface area contributed by atoms with E-state index in [-0.39, 0.29) is 5.91 Å². The molecule has 0 saturated heterocycles. The van der Waals surface area contributed by atoms with E-state index in [2.05, 4.69) is 19.1 Å². The van der Waals surface area contributed by atoms with Crippen molar-refractivity contribution in [2.75, 3.05) is 13.6 Å². The van der Waals surface area contributed by atoms with Crippen LogP contribution in [0.3, 0.4) is 0 Å². The van der Waals surface area contributed by atoms with E-state index >= 15 is 0 Å². The van der Waals surface area contributed by atoms with Gasteiger partial charge >= 0.3 is 0 Å². The number of carbonyl (C=O) groups excluding carboxylic acids is 1. The maximum Gasteiger partial charge on any atom is 0.222 e. The van der Waals surface area contributed by atoms with Gasteiger partial charge in [0.05, 0.1) is 0 Å². The molecule has 2 heteroatoms. The number of carbonyl (C=O) groups is 1. The molecule has 0 aliphatic carbocycles. The number of hydrogen-bond acceptors (Lipinski definition) is 1. The highest BCUT2D eigenvalue weighted by Crippen LogP contribution is 2.18. The summed E-state index contributed by atoms with van der Waals surface area (Å²) in [7, 11) is 1.85. The Bertz CT molecular complexity index is 308. The summed E-state index contributed by atoms with van der Waals surface area (Å²) in [4.78, 5) is 13.4. The highest BCUT2D eigenvalue weighted by atomic mass is 16.2. The maximum atomic E-state index is 11.7. The summed E-state index contributed by atoms with van der Waals surface area (Å²) in [6.45, 7) is 4.86. The van der Waals surface area contributed by atoms with Gasteiger partial charge in [0.2, 0.25) is 5.91 Å². The lowest BCUT2D eigenvalue weighted by Gasteiger charge is -2.17. The summed E-state index contributed by atoms with van der Waals surface area (Å²) in [6.07, 6.45) is 0.592. The molecule has 1 unspecified atom stereocenters. The first kappa shape index (κ1) is 11.8. The molecule has 0 spiro atoms. The van der Waals surface area contributed by atoms with E-state index in [1.54, 1.807) is 4.90 Å². The lowest BCUT2D eigenvalue weighted by atomic mass is 9.97. The SMILES string of the molecule is CCN(C)C(=O)CC(C)c1ccccc1. The molecule has 0 saturated carbocycles. The third kappa shape index (κ3) is 3.39. The van der Waals surface area contributed by atoms with Crippen LogP contribution in [0.25, 0.3) is 0 Å². The summed E-state index contributed by atoms with van der Waals surface area (Å²) >= 11 is 0. The van der Waals surface area contributed by atoms with E-state index in [1.165, 1.54) is 5.56 Å². The quantitative estimate of drug-likeness (QED) is 0.740. The lowest BCUT2D eigenvalue weighted by molar-refractivity contribution is -0.130. The average Bonchev–Trinajstić information content (AvgIpc) is 2.29. The van der Waals surface area contributed by atoms with Crippen LogP contribution in [-0.2, 0) is 4.79 Å². The van der Waals surface area contributed by atoms with Gasteiger partial charge in [0, 0.05) is 20.0 Å². The van der Waals surface area contributed by atoms with Crippen molar-refractivity contribution in [3.63, 3.8) is 0 Å². The zero-order chi connectivity index (χ0) is 11.3. The van der Waals surface area contributed by atoms with Gasteiger partial charge < -0.3 is 4.90 Å². The van der Waals surface area contributed by atoms with Gasteiger partial charge in [-0.15, -0.1) is 0 Å². The molecule has 15 heavy (non-hydrogen) atoms. The number of hydrogen-bond donors (Lipinski definition) is 0. The Hall–Kier alpha value is -1.31. The van der Waals surface area contributed by atoms with Gasteiger partial charge in [-0.3, -0.25) is 4.79 Å². The molecule has 1 aromatic rings. The van der Waals surface area contributed by atoms with Crippen LogP contribution in [0.5, 0.6) is 0 Å². The van der Waals surface area contributed by atoms with Crippen LogP contribution in [0.15, 0.2) is 30.3 Å². The lowest BCUT2D eigenvalue weighted by Crippen LogP contribution is -2.27. The van der Waals surface area contributed by atoms with Crippen molar-refractivity contribution >= 4 is 5.91 Å². The predicted molar refractivity (Wildman–Crippen MR) is 62.8 cm³/mol. The van der Waals surface area contributed by atoms with Crippen LogP contribution in [0.2, 0.25) is 0 Å². The molecular formula is C13H19NO. The second-order valence-electron chi connectivity index (χ2n) is 3.92. The normalized spacial score (nSPS) is 12.2. The van der Waals surface area contributed by atoms with Gasteiger partial charge in [0.1, 0.15) is 0 Å². The molecule has 82 valence electrons. The molecule has 0 fully saturated rings. The first-order valence-corrected chi connectivity index (χ1v) is 5.44. The van der Waals surface area contributed by atoms with Crippen molar-refractivity contribution in [2.24, 2.45) is 0 Å². The van der Waals surface area contributed by atoms with Crippen LogP contribution in [0.1, 0.15) is 31.7 Å². The zero-order valence-electron chi connectivity index (χ0n) is 9.73. The highest BCUT2D eigenvalue weighted by molar-refractivity contribution is 5.76. The van der Waals surface area contributed by atoms with E-state index in [1.807, 2.05) is 32.2 Å². The van der Waals surface area contributed by atoms with E-state index < -0.39 is 0 Å². The van der Waals surface area contributed by atoms with Crippen molar-refractivity contribution in [1.29, 1.82) is 0 Å². The smallest absolute Gasteiger partial charge is 0.222 e. The molecule has 0 aliphatic rings. The first-order valence-electron chi connectivity index (χ1n) is 5.44. The van der Waals surface area contributed by atoms with Gasteiger partial charge in [-0.1, -0.05) is 37.3 Å². The molecule has 0 bridgehead atoms. The largest absolute Gasteiger partial charge is 0.346 e. The molecule has 1 atom stereocenters. The fraction of sp³-hybridized carbons (Fsp3) is 0.462. The molecule has 0 N–H and O–H groups in total. The van der Waals surface area contributed by atoms with Crippen LogP contribution >= 0.6 is 0 Å². The highest BCUT2D eigenvalue weighted by Gasteiger charge is 2.13. The summed E-state index contributed by atoms with van der Waals surface area (Å²) in [6, 6.07) is 10.2. The minimum absolute atomic E-state index is 0.217. The Kier molecular flexibility index (Phi) is 4.35. The fourth-order valence-electron chi connectivity index (χ4n) is 1.49. The first-order chi connectivity index (χ1) is 7.15. The molecule has 0 heterocycles. The monoisotopic (exact) mass is 205 g/mol. The molecule has 1 aromatic carbocycles. The minimum atomic E-state index is 0.217. The Morgan fingerprint density at radius 3 is 2.47 bits per heavy atom. The third-order valence-electron chi connectivity index (χ3n) is 2.75. The summed E-state index contributed by atoms with van der Waals surface area (Å²) in [5.74, 6) is 0.515. The van der Waals surface area contributed by atoms with E-state index in [0.29, 0.717) is 12.3 Å². The predicted octanol–water partition coefficient (Wildman–Crippen LogP) is 2.66. The number of rotatable bonds is 4. The molecule has 2 nitrogen and oxygen atoms in total. The van der Waals surface area contributed by atoms with E-state index in [0.717, 1.165) is 6.54 Å². The zero-order valence-corrected chi connectivity index (χ0v) is 9.73. The topological polar surface area (TPSA) is 20.3 Å². The molecule has 0 radical (unpaired) electrons. The van der Waals surface area contributed by atoms with Gasteiger partial charge in [-0.05, 0) is 18.4 Å². The Morgan fingerprint density at radius 1 is 1.33 bits per heavy atom. The van der Waals surface area contributed by atoms with Crippen molar-refractivity contribution in [1.82, 2.24) is 4.90 Å². The van der Waals surface area contributed by atoms with Crippen molar-refractivity contribution in [3.8, 4) is 0 Å². The molecule has 0 aliphatic heterocycles. The van der Waals surface area contributed by atoms with Gasteiger partial charge in [-0.2, -0.15) is 0 Å². The Morgan fingerprint density at radius 2 is 1.93 bits per heavy atom. The number of nitrogens with zero attached hydrogens (tertiary/aromatic N) is 1. The Labute approximate surface area is 91.9 Å². The Balaban J connectivity index is 2.56. The van der Waals surface area contributed by atoms with Gasteiger partial charge in [-0.25, -0.2) is 0 Å². The minimum Gasteiger partial charge on any atom is -0.346 e. The molecular weight excluding hydrogens is 186 g/mol. The van der Waals surface area contributed by atoms with Gasteiger partial charge in [0.15, 0.2) is 0 Å². The summed E-state index contributed by atoms with van der Waals surface area (Å²) in [5.41, 5.74) is 1.23.